The number of pyridine rings is 1. The van der Waals surface area contributed by atoms with Crippen molar-refractivity contribution in [3.63, 3.8) is 0 Å². The summed E-state index contributed by atoms with van der Waals surface area (Å²) in [7, 11) is 3.17. The number of nitriles is 1. The van der Waals surface area contributed by atoms with Crippen LogP contribution in [0, 0.1) is 23.2 Å². The molecule has 3 atom stereocenters. The Morgan fingerprint density at radius 3 is 2.52 bits per heavy atom. The van der Waals surface area contributed by atoms with Crippen LogP contribution in [0.3, 0.4) is 0 Å². The van der Waals surface area contributed by atoms with Crippen molar-refractivity contribution < 1.29 is 14.3 Å². The number of fused-ring (bicyclic) bond motifs is 1. The minimum atomic E-state index is 0.0164. The molecule has 150 valence electrons. The Kier molecular flexibility index (Phi) is 5.01. The van der Waals surface area contributed by atoms with Gasteiger partial charge in [0.05, 0.1) is 25.9 Å². The van der Waals surface area contributed by atoms with Gasteiger partial charge >= 0.3 is 0 Å². The molecule has 2 aromatic rings. The lowest BCUT2D eigenvalue weighted by Crippen LogP contribution is -2.34. The van der Waals surface area contributed by atoms with Crippen LogP contribution >= 0.6 is 0 Å². The number of carbonyl (C=O) groups excluding carboxylic acids is 1. The summed E-state index contributed by atoms with van der Waals surface area (Å²) >= 11 is 0. The van der Waals surface area contributed by atoms with Crippen LogP contribution in [0.5, 0.6) is 11.6 Å². The van der Waals surface area contributed by atoms with Gasteiger partial charge in [-0.15, -0.1) is 0 Å². The van der Waals surface area contributed by atoms with Gasteiger partial charge < -0.3 is 19.3 Å². The third kappa shape index (κ3) is 3.25. The van der Waals surface area contributed by atoms with Crippen LogP contribution in [0.4, 0.5) is 5.69 Å². The summed E-state index contributed by atoms with van der Waals surface area (Å²) in [5.41, 5.74) is 2.42. The van der Waals surface area contributed by atoms with Crippen molar-refractivity contribution in [2.75, 3.05) is 38.8 Å². The van der Waals surface area contributed by atoms with Crippen molar-refractivity contribution in [1.82, 2.24) is 9.88 Å². The van der Waals surface area contributed by atoms with Crippen LogP contribution in [-0.2, 0) is 4.79 Å². The number of hydrogen-bond acceptors (Lipinski definition) is 6. The van der Waals surface area contributed by atoms with Gasteiger partial charge in [0.25, 0.3) is 0 Å². The zero-order valence-corrected chi connectivity index (χ0v) is 16.8. The van der Waals surface area contributed by atoms with E-state index < -0.39 is 0 Å². The molecule has 3 heterocycles. The molecule has 1 amide bonds. The van der Waals surface area contributed by atoms with Crippen LogP contribution in [0.25, 0.3) is 0 Å². The van der Waals surface area contributed by atoms with E-state index in [1.54, 1.807) is 20.2 Å². The lowest BCUT2D eigenvalue weighted by atomic mass is 9.89. The van der Waals surface area contributed by atoms with Gasteiger partial charge in [0.1, 0.15) is 17.4 Å². The minimum absolute atomic E-state index is 0.0164. The average Bonchev–Trinajstić information content (AvgIpc) is 3.31. The van der Waals surface area contributed by atoms with E-state index >= 15 is 0 Å². The number of anilines is 1. The first kappa shape index (κ1) is 19.1. The van der Waals surface area contributed by atoms with Crippen molar-refractivity contribution in [2.24, 2.45) is 11.8 Å². The first-order valence-corrected chi connectivity index (χ1v) is 9.66. The van der Waals surface area contributed by atoms with E-state index in [4.69, 9.17) is 9.47 Å². The number of rotatable bonds is 4. The number of likely N-dealkylation sites (tertiary alicyclic amines) is 1. The number of benzene rings is 1. The first-order valence-electron chi connectivity index (χ1n) is 9.66. The molecule has 2 aliphatic rings. The molecule has 0 bridgehead atoms. The van der Waals surface area contributed by atoms with E-state index in [1.807, 2.05) is 35.2 Å². The number of amides is 1. The Balaban J connectivity index is 1.65. The summed E-state index contributed by atoms with van der Waals surface area (Å²) in [6.07, 6.45) is 1.67. The van der Waals surface area contributed by atoms with Crippen molar-refractivity contribution in [1.29, 1.82) is 5.26 Å². The largest absolute Gasteiger partial charge is 0.497 e. The van der Waals surface area contributed by atoms with E-state index in [9.17, 15) is 10.1 Å². The molecule has 1 aromatic carbocycles. The monoisotopic (exact) mass is 392 g/mol. The fraction of sp³-hybridized carbons (Fsp3) is 0.409. The Bertz CT molecular complexity index is 954. The zero-order chi connectivity index (χ0) is 20.5. The maximum Gasteiger partial charge on any atom is 0.233 e. The van der Waals surface area contributed by atoms with Crippen LogP contribution in [0.2, 0.25) is 0 Å². The van der Waals surface area contributed by atoms with Gasteiger partial charge in [-0.3, -0.25) is 4.79 Å². The summed E-state index contributed by atoms with van der Waals surface area (Å²) in [5.74, 6) is 1.87. The predicted octanol–water partition coefficient (Wildman–Crippen LogP) is 2.63. The predicted molar refractivity (Wildman–Crippen MR) is 108 cm³/mol. The normalized spacial score (nSPS) is 22.9. The van der Waals surface area contributed by atoms with E-state index in [0.29, 0.717) is 17.4 Å². The summed E-state index contributed by atoms with van der Waals surface area (Å²) in [4.78, 5) is 20.7. The molecule has 0 saturated carbocycles. The van der Waals surface area contributed by atoms with Crippen molar-refractivity contribution in [3.05, 3.63) is 47.7 Å². The van der Waals surface area contributed by atoms with Gasteiger partial charge in [0.15, 0.2) is 0 Å². The second kappa shape index (κ2) is 7.63. The van der Waals surface area contributed by atoms with E-state index in [1.165, 1.54) is 7.11 Å². The van der Waals surface area contributed by atoms with Gasteiger partial charge in [-0.05, 0) is 23.8 Å². The highest BCUT2D eigenvalue weighted by Crippen LogP contribution is 2.46. The second-order valence-electron chi connectivity index (χ2n) is 7.54. The summed E-state index contributed by atoms with van der Waals surface area (Å²) in [6, 6.07) is 12.1. The molecule has 2 aliphatic heterocycles. The van der Waals surface area contributed by atoms with Crippen LogP contribution in [0.15, 0.2) is 36.5 Å². The molecule has 0 N–H and O–H groups in total. The molecule has 0 unspecified atom stereocenters. The Labute approximate surface area is 170 Å². The quantitative estimate of drug-likeness (QED) is 0.796. The highest BCUT2D eigenvalue weighted by atomic mass is 16.5. The highest BCUT2D eigenvalue weighted by Gasteiger charge is 2.48. The lowest BCUT2D eigenvalue weighted by molar-refractivity contribution is -0.130. The Hall–Kier alpha value is -3.27. The molecule has 0 radical (unpaired) electrons. The number of carbonyl (C=O) groups is 1. The van der Waals surface area contributed by atoms with Crippen molar-refractivity contribution in [3.8, 4) is 17.7 Å². The topological polar surface area (TPSA) is 78.7 Å². The number of aromatic nitrogens is 1. The van der Waals surface area contributed by atoms with E-state index in [-0.39, 0.29) is 17.9 Å². The van der Waals surface area contributed by atoms with Gasteiger partial charge in [-0.2, -0.15) is 5.26 Å². The molecular formula is C22H24N4O3. The van der Waals surface area contributed by atoms with Gasteiger partial charge in [-0.1, -0.05) is 12.1 Å². The molecular weight excluding hydrogens is 368 g/mol. The van der Waals surface area contributed by atoms with Gasteiger partial charge in [0.2, 0.25) is 11.8 Å². The third-order valence-corrected chi connectivity index (χ3v) is 6.07. The SMILES string of the molecule is COc1ccc([C@H]2[C@@H]3CN(c4ccnc(OC)c4C#N)C[C@@H]3CN2C(C)=O)cc1. The van der Waals surface area contributed by atoms with E-state index in [2.05, 4.69) is 16.0 Å². The van der Waals surface area contributed by atoms with Crippen molar-refractivity contribution in [2.45, 2.75) is 13.0 Å². The lowest BCUT2D eigenvalue weighted by Gasteiger charge is -2.30. The van der Waals surface area contributed by atoms with Crippen LogP contribution in [-0.4, -0.2) is 49.6 Å². The summed E-state index contributed by atoms with van der Waals surface area (Å²) < 4.78 is 10.5. The van der Waals surface area contributed by atoms with Gasteiger partial charge in [-0.25, -0.2) is 4.98 Å². The minimum Gasteiger partial charge on any atom is -0.497 e. The van der Waals surface area contributed by atoms with Crippen LogP contribution < -0.4 is 14.4 Å². The smallest absolute Gasteiger partial charge is 0.233 e. The number of hydrogen-bond donors (Lipinski definition) is 0. The average molecular weight is 392 g/mol. The molecule has 0 spiro atoms. The number of nitrogens with zero attached hydrogens (tertiary/aromatic N) is 4. The first-order chi connectivity index (χ1) is 14.1. The Morgan fingerprint density at radius 2 is 1.90 bits per heavy atom. The second-order valence-corrected chi connectivity index (χ2v) is 7.54. The standard InChI is InChI=1S/C22H24N4O3/c1-14(27)26-12-16-11-25(20-8-9-24-22(29-3)18(20)10-23)13-19(16)21(26)15-4-6-17(28-2)7-5-15/h4-9,16,19,21H,11-13H2,1-3H3/t16-,19-,21+/m1/s1. The maximum absolute atomic E-state index is 12.3. The molecule has 4 rings (SSSR count). The fourth-order valence-electron chi connectivity index (χ4n) is 4.75. The molecule has 29 heavy (non-hydrogen) atoms. The van der Waals surface area contributed by atoms with E-state index in [0.717, 1.165) is 36.6 Å². The maximum atomic E-state index is 12.3. The number of ether oxygens (including phenoxy) is 2. The highest BCUT2D eigenvalue weighted by molar-refractivity contribution is 5.74. The molecule has 1 aromatic heterocycles. The summed E-state index contributed by atoms with van der Waals surface area (Å²) in [6.45, 7) is 3.92. The zero-order valence-electron chi connectivity index (χ0n) is 16.8. The van der Waals surface area contributed by atoms with Crippen molar-refractivity contribution >= 4 is 11.6 Å². The molecule has 7 heteroatoms. The molecule has 2 saturated heterocycles. The van der Waals surface area contributed by atoms with Gasteiger partial charge in [0, 0.05) is 44.6 Å². The number of methoxy groups -OCH3 is 2. The van der Waals surface area contributed by atoms with Crippen LogP contribution in [0.1, 0.15) is 24.1 Å². The fourth-order valence-corrected chi connectivity index (χ4v) is 4.75. The Morgan fingerprint density at radius 1 is 1.14 bits per heavy atom. The molecule has 2 fully saturated rings. The summed E-state index contributed by atoms with van der Waals surface area (Å²) in [5, 5.41) is 9.63. The molecule has 0 aliphatic carbocycles. The molecule has 7 nitrogen and oxygen atoms in total. The third-order valence-electron chi connectivity index (χ3n) is 6.07.